The number of rotatable bonds is 3. The lowest BCUT2D eigenvalue weighted by molar-refractivity contribution is 0.0920. The summed E-state index contributed by atoms with van der Waals surface area (Å²) in [6, 6.07) is 8.53. The first-order valence-corrected chi connectivity index (χ1v) is 8.66. The molecule has 6 heteroatoms. The number of carbonyl (C=O) groups is 1. The van der Waals surface area contributed by atoms with Crippen LogP contribution in [0.25, 0.3) is 10.9 Å². The van der Waals surface area contributed by atoms with Gasteiger partial charge in [0.25, 0.3) is 5.91 Å². The summed E-state index contributed by atoms with van der Waals surface area (Å²) in [5.41, 5.74) is 2.86. The highest BCUT2D eigenvalue weighted by Gasteiger charge is 2.27. The van der Waals surface area contributed by atoms with Crippen molar-refractivity contribution in [2.45, 2.75) is 37.6 Å². The zero-order valence-corrected chi connectivity index (χ0v) is 13.9. The number of fused-ring (bicyclic) bond motifs is 1. The molecule has 3 N–H and O–H groups in total. The predicted molar refractivity (Wildman–Crippen MR) is 94.4 cm³/mol. The quantitative estimate of drug-likeness (QED) is 0.673. The highest BCUT2D eigenvalue weighted by atomic mass is 35.5. The summed E-state index contributed by atoms with van der Waals surface area (Å²) >= 11 is 5.97. The van der Waals surface area contributed by atoms with Crippen molar-refractivity contribution in [2.75, 3.05) is 0 Å². The van der Waals surface area contributed by atoms with Crippen LogP contribution in [-0.4, -0.2) is 27.1 Å². The van der Waals surface area contributed by atoms with E-state index in [2.05, 4.69) is 44.9 Å². The first kappa shape index (κ1) is 15.3. The van der Waals surface area contributed by atoms with Crippen molar-refractivity contribution in [1.82, 2.24) is 20.5 Å². The van der Waals surface area contributed by atoms with Gasteiger partial charge in [0.05, 0.1) is 11.2 Å². The van der Waals surface area contributed by atoms with Crippen molar-refractivity contribution in [3.05, 3.63) is 52.9 Å². The molecule has 0 bridgehead atoms. The standard InChI is InChI=1S/C18H19ClN4O/c19-15-10-21-23-17(15)18(24)22-12-5-3-4-11(8-12)14-9-20-16-7-2-1-6-13(14)16/h1-2,6-7,9-12,20H,3-5,8H2,(H,21,23)(H,22,24)/t11-,12+/m1/s1. The second-order valence-electron chi connectivity index (χ2n) is 6.42. The fraction of sp³-hybridized carbons (Fsp3) is 0.333. The van der Waals surface area contributed by atoms with E-state index in [1.165, 1.54) is 22.7 Å². The van der Waals surface area contributed by atoms with Crippen LogP contribution in [0.15, 0.2) is 36.7 Å². The maximum Gasteiger partial charge on any atom is 0.271 e. The van der Waals surface area contributed by atoms with Crippen molar-refractivity contribution in [3.63, 3.8) is 0 Å². The van der Waals surface area contributed by atoms with E-state index >= 15 is 0 Å². The molecule has 0 aliphatic heterocycles. The number of carbonyl (C=O) groups excluding carboxylic acids is 1. The zero-order chi connectivity index (χ0) is 16.5. The topological polar surface area (TPSA) is 73.6 Å². The molecule has 1 aromatic carbocycles. The SMILES string of the molecule is O=C(N[C@H]1CCC[C@@H](c2c[nH]c3ccccc23)C1)c1[nH]ncc1Cl. The van der Waals surface area contributed by atoms with Gasteiger partial charge in [0.1, 0.15) is 5.69 Å². The van der Waals surface area contributed by atoms with E-state index < -0.39 is 0 Å². The first-order chi connectivity index (χ1) is 11.7. The van der Waals surface area contributed by atoms with Crippen LogP contribution in [0, 0.1) is 0 Å². The summed E-state index contributed by atoms with van der Waals surface area (Å²) in [6.45, 7) is 0. The number of H-pyrrole nitrogens is 2. The minimum Gasteiger partial charge on any atom is -0.361 e. The first-order valence-electron chi connectivity index (χ1n) is 8.28. The lowest BCUT2D eigenvalue weighted by Crippen LogP contribution is -2.38. The number of nitrogens with zero attached hydrogens (tertiary/aromatic N) is 1. The van der Waals surface area contributed by atoms with E-state index in [-0.39, 0.29) is 11.9 Å². The van der Waals surface area contributed by atoms with Gasteiger partial charge in [0.2, 0.25) is 0 Å². The van der Waals surface area contributed by atoms with Crippen LogP contribution in [0.1, 0.15) is 47.7 Å². The van der Waals surface area contributed by atoms with Crippen molar-refractivity contribution in [3.8, 4) is 0 Å². The van der Waals surface area contributed by atoms with Crippen LogP contribution < -0.4 is 5.32 Å². The Balaban J connectivity index is 1.50. The third kappa shape index (κ3) is 2.80. The molecule has 5 nitrogen and oxygen atoms in total. The molecule has 0 saturated heterocycles. The van der Waals surface area contributed by atoms with Crippen molar-refractivity contribution >= 4 is 28.4 Å². The molecule has 124 valence electrons. The van der Waals surface area contributed by atoms with Gasteiger partial charge in [-0.25, -0.2) is 0 Å². The second kappa shape index (κ2) is 6.32. The number of para-hydroxylation sites is 1. The van der Waals surface area contributed by atoms with Crippen LogP contribution in [-0.2, 0) is 0 Å². The Labute approximate surface area is 144 Å². The number of halogens is 1. The number of amides is 1. The van der Waals surface area contributed by atoms with Crippen molar-refractivity contribution in [2.24, 2.45) is 0 Å². The van der Waals surface area contributed by atoms with E-state index in [0.29, 0.717) is 16.6 Å². The predicted octanol–water partition coefficient (Wildman–Crippen LogP) is 4.00. The lowest BCUT2D eigenvalue weighted by Gasteiger charge is -2.29. The van der Waals surface area contributed by atoms with Gasteiger partial charge < -0.3 is 10.3 Å². The summed E-state index contributed by atoms with van der Waals surface area (Å²) in [5.74, 6) is 0.277. The Morgan fingerprint density at radius 2 is 2.17 bits per heavy atom. The van der Waals surface area contributed by atoms with Gasteiger partial charge in [-0.1, -0.05) is 36.2 Å². The molecule has 4 rings (SSSR count). The molecule has 2 atom stereocenters. The molecular formula is C18H19ClN4O. The van der Waals surface area contributed by atoms with Gasteiger partial charge in [-0.15, -0.1) is 0 Å². The van der Waals surface area contributed by atoms with E-state index in [1.807, 2.05) is 6.07 Å². The molecule has 1 amide bonds. The fourth-order valence-corrected chi connectivity index (χ4v) is 3.90. The molecule has 0 radical (unpaired) electrons. The van der Waals surface area contributed by atoms with Crippen LogP contribution in [0.5, 0.6) is 0 Å². The number of aromatic nitrogens is 3. The van der Waals surface area contributed by atoms with Gasteiger partial charge in [0.15, 0.2) is 0 Å². The summed E-state index contributed by atoms with van der Waals surface area (Å²) in [5, 5.41) is 11.2. The molecule has 0 unspecified atom stereocenters. The van der Waals surface area contributed by atoms with Crippen LogP contribution in [0.2, 0.25) is 5.02 Å². The van der Waals surface area contributed by atoms with Gasteiger partial charge >= 0.3 is 0 Å². The largest absolute Gasteiger partial charge is 0.361 e. The van der Waals surface area contributed by atoms with E-state index in [0.717, 1.165) is 25.7 Å². The van der Waals surface area contributed by atoms with E-state index in [9.17, 15) is 4.79 Å². The van der Waals surface area contributed by atoms with E-state index in [1.54, 1.807) is 0 Å². The summed E-state index contributed by atoms with van der Waals surface area (Å²) < 4.78 is 0. The monoisotopic (exact) mass is 342 g/mol. The lowest BCUT2D eigenvalue weighted by atomic mass is 9.81. The molecule has 2 heterocycles. The third-order valence-corrected chi connectivity index (χ3v) is 5.18. The van der Waals surface area contributed by atoms with Gasteiger partial charge in [-0.05, 0) is 36.8 Å². The highest BCUT2D eigenvalue weighted by Crippen LogP contribution is 2.36. The molecular weight excluding hydrogens is 324 g/mol. The van der Waals surface area contributed by atoms with Gasteiger partial charge in [-0.3, -0.25) is 9.89 Å². The Hall–Kier alpha value is -2.27. The summed E-state index contributed by atoms with van der Waals surface area (Å²) in [6.07, 6.45) is 7.76. The van der Waals surface area contributed by atoms with Gasteiger partial charge in [0, 0.05) is 23.1 Å². The molecule has 0 spiro atoms. The number of nitrogens with one attached hydrogen (secondary N) is 3. The average molecular weight is 343 g/mol. The maximum absolute atomic E-state index is 12.3. The third-order valence-electron chi connectivity index (χ3n) is 4.89. The number of benzene rings is 1. The minimum absolute atomic E-state index is 0.157. The minimum atomic E-state index is -0.179. The van der Waals surface area contributed by atoms with Crippen LogP contribution >= 0.6 is 11.6 Å². The van der Waals surface area contributed by atoms with Crippen molar-refractivity contribution < 1.29 is 4.79 Å². The van der Waals surface area contributed by atoms with E-state index in [4.69, 9.17) is 11.6 Å². The highest BCUT2D eigenvalue weighted by molar-refractivity contribution is 6.33. The Bertz CT molecular complexity index is 869. The average Bonchev–Trinajstić information content (AvgIpc) is 3.21. The maximum atomic E-state index is 12.3. The Kier molecular flexibility index (Phi) is 4.02. The molecule has 24 heavy (non-hydrogen) atoms. The summed E-state index contributed by atoms with van der Waals surface area (Å²) in [4.78, 5) is 15.7. The van der Waals surface area contributed by atoms with Gasteiger partial charge in [-0.2, -0.15) is 5.10 Å². The Morgan fingerprint density at radius 1 is 1.29 bits per heavy atom. The number of aromatic amines is 2. The molecule has 1 aliphatic rings. The fourth-order valence-electron chi connectivity index (χ4n) is 3.72. The molecule has 1 fully saturated rings. The second-order valence-corrected chi connectivity index (χ2v) is 6.82. The Morgan fingerprint density at radius 3 is 3.00 bits per heavy atom. The smallest absolute Gasteiger partial charge is 0.271 e. The summed E-state index contributed by atoms with van der Waals surface area (Å²) in [7, 11) is 0. The molecule has 1 aliphatic carbocycles. The molecule has 2 aromatic heterocycles. The van der Waals surface area contributed by atoms with Crippen molar-refractivity contribution in [1.29, 1.82) is 0 Å². The normalized spacial score (nSPS) is 21.0. The zero-order valence-electron chi connectivity index (χ0n) is 13.2. The number of hydrogen-bond acceptors (Lipinski definition) is 2. The molecule has 3 aromatic rings. The van der Waals surface area contributed by atoms with Crippen LogP contribution in [0.4, 0.5) is 0 Å². The van der Waals surface area contributed by atoms with Crippen LogP contribution in [0.3, 0.4) is 0 Å². The molecule has 1 saturated carbocycles. The number of hydrogen-bond donors (Lipinski definition) is 3.